The van der Waals surface area contributed by atoms with Gasteiger partial charge in [-0.3, -0.25) is 0 Å². The molecule has 1 atom stereocenters. The Kier molecular flexibility index (Phi) is 17.5. The van der Waals surface area contributed by atoms with E-state index in [0.717, 1.165) is 18.9 Å². The lowest BCUT2D eigenvalue weighted by Gasteiger charge is -2.28. The first-order chi connectivity index (χ1) is 13.0. The number of unbranched alkanes of at least 4 members (excludes halogenated alkanes) is 11. The maximum Gasteiger partial charge on any atom is 0.333 e. The second kappa shape index (κ2) is 17.7. The smallest absolute Gasteiger partial charge is 0.333 e. The number of carbonyl (C=O) groups excluding carboxylic acids is 1. The number of esters is 1. The summed E-state index contributed by atoms with van der Waals surface area (Å²) in [5, 5.41) is 0. The zero-order valence-electron chi connectivity index (χ0n) is 19.1. The number of ether oxygens (including phenoxy) is 1. The van der Waals surface area contributed by atoms with E-state index in [2.05, 4.69) is 26.9 Å². The minimum absolute atomic E-state index is 0.151. The van der Waals surface area contributed by atoms with Crippen molar-refractivity contribution in [3.8, 4) is 0 Å². The second-order valence-electron chi connectivity index (χ2n) is 8.55. The summed E-state index contributed by atoms with van der Waals surface area (Å²) in [4.78, 5) is 12.3. The Morgan fingerprint density at radius 2 is 1.22 bits per heavy atom. The molecule has 0 aromatic carbocycles. The van der Waals surface area contributed by atoms with Gasteiger partial charge < -0.3 is 9.16 Å². The standard InChI is InChI=1S/C23H48O3Si/c1-6-9-11-12-13-14-15-16-17-18-19-20-22(23(24)25-8-3)26-27(4,5)21-10-7-2/h22H,6-21H2,1-5H3. The highest BCUT2D eigenvalue weighted by Crippen LogP contribution is 2.21. The molecule has 0 amide bonds. The highest BCUT2D eigenvalue weighted by Gasteiger charge is 2.30. The molecule has 0 spiro atoms. The van der Waals surface area contributed by atoms with E-state index in [1.807, 2.05) is 6.92 Å². The highest BCUT2D eigenvalue weighted by atomic mass is 28.4. The molecule has 0 N–H and O–H groups in total. The quantitative estimate of drug-likeness (QED) is 0.127. The summed E-state index contributed by atoms with van der Waals surface area (Å²) in [7, 11) is -1.78. The molecule has 162 valence electrons. The summed E-state index contributed by atoms with van der Waals surface area (Å²) >= 11 is 0. The van der Waals surface area contributed by atoms with E-state index in [0.29, 0.717) is 6.61 Å². The molecule has 0 fully saturated rings. The Morgan fingerprint density at radius 3 is 1.70 bits per heavy atom. The Bertz CT molecular complexity index is 345. The van der Waals surface area contributed by atoms with Gasteiger partial charge in [0.2, 0.25) is 0 Å². The molecule has 0 saturated heterocycles. The van der Waals surface area contributed by atoms with Crippen LogP contribution in [0.3, 0.4) is 0 Å². The van der Waals surface area contributed by atoms with E-state index < -0.39 is 8.32 Å². The van der Waals surface area contributed by atoms with Crippen LogP contribution in [0.4, 0.5) is 0 Å². The number of hydrogen-bond acceptors (Lipinski definition) is 3. The molecular weight excluding hydrogens is 352 g/mol. The summed E-state index contributed by atoms with van der Waals surface area (Å²) in [6.45, 7) is 11.2. The number of rotatable bonds is 19. The van der Waals surface area contributed by atoms with Crippen molar-refractivity contribution in [3.63, 3.8) is 0 Å². The van der Waals surface area contributed by atoms with Crippen LogP contribution in [-0.2, 0) is 14.0 Å². The predicted octanol–water partition coefficient (Wildman–Crippen LogP) is 7.64. The molecule has 1 unspecified atom stereocenters. The molecule has 0 aromatic rings. The van der Waals surface area contributed by atoms with Gasteiger partial charge in [-0.25, -0.2) is 4.79 Å². The van der Waals surface area contributed by atoms with Crippen molar-refractivity contribution in [1.29, 1.82) is 0 Å². The van der Waals surface area contributed by atoms with Gasteiger partial charge in [-0.2, -0.15) is 0 Å². The zero-order chi connectivity index (χ0) is 20.4. The van der Waals surface area contributed by atoms with Gasteiger partial charge in [0.05, 0.1) is 6.61 Å². The Morgan fingerprint density at radius 1 is 0.741 bits per heavy atom. The fourth-order valence-corrected chi connectivity index (χ4v) is 5.81. The fraction of sp³-hybridized carbons (Fsp3) is 0.957. The van der Waals surface area contributed by atoms with E-state index in [-0.39, 0.29) is 12.1 Å². The Hall–Kier alpha value is -0.353. The molecule has 4 heteroatoms. The van der Waals surface area contributed by atoms with Crippen molar-refractivity contribution in [2.45, 2.75) is 136 Å². The van der Waals surface area contributed by atoms with Crippen molar-refractivity contribution in [3.05, 3.63) is 0 Å². The number of hydrogen-bond donors (Lipinski definition) is 0. The van der Waals surface area contributed by atoms with Crippen LogP contribution in [0, 0.1) is 0 Å². The van der Waals surface area contributed by atoms with Gasteiger partial charge in [0.1, 0.15) is 6.10 Å². The van der Waals surface area contributed by atoms with Gasteiger partial charge in [0.25, 0.3) is 0 Å². The van der Waals surface area contributed by atoms with Crippen LogP contribution in [0.1, 0.15) is 111 Å². The lowest BCUT2D eigenvalue weighted by molar-refractivity contribution is -0.152. The third-order valence-corrected chi connectivity index (χ3v) is 7.69. The number of carbonyl (C=O) groups is 1. The molecule has 0 rings (SSSR count). The lowest BCUT2D eigenvalue weighted by atomic mass is 10.0. The Labute approximate surface area is 171 Å². The van der Waals surface area contributed by atoms with Gasteiger partial charge in [0.15, 0.2) is 8.32 Å². The average molecular weight is 401 g/mol. The highest BCUT2D eigenvalue weighted by molar-refractivity contribution is 6.71. The maximum absolute atomic E-state index is 12.3. The van der Waals surface area contributed by atoms with Crippen LogP contribution >= 0.6 is 0 Å². The van der Waals surface area contributed by atoms with Crippen LogP contribution in [0.25, 0.3) is 0 Å². The van der Waals surface area contributed by atoms with Crippen LogP contribution < -0.4 is 0 Å². The van der Waals surface area contributed by atoms with Gasteiger partial charge in [-0.1, -0.05) is 97.3 Å². The van der Waals surface area contributed by atoms with Crippen molar-refractivity contribution in [2.75, 3.05) is 6.61 Å². The molecule has 0 radical (unpaired) electrons. The molecule has 0 saturated carbocycles. The first-order valence-electron chi connectivity index (χ1n) is 11.8. The zero-order valence-corrected chi connectivity index (χ0v) is 20.1. The van der Waals surface area contributed by atoms with E-state index in [1.54, 1.807) is 0 Å². The second-order valence-corrected chi connectivity index (χ2v) is 12.8. The van der Waals surface area contributed by atoms with E-state index >= 15 is 0 Å². The third-order valence-electron chi connectivity index (χ3n) is 5.21. The lowest BCUT2D eigenvalue weighted by Crippen LogP contribution is -2.40. The molecule has 0 aliphatic rings. The van der Waals surface area contributed by atoms with Crippen LogP contribution in [0.5, 0.6) is 0 Å². The fourth-order valence-electron chi connectivity index (χ4n) is 3.50. The first kappa shape index (κ1) is 26.6. The van der Waals surface area contributed by atoms with Crippen molar-refractivity contribution in [2.24, 2.45) is 0 Å². The van der Waals surface area contributed by atoms with Gasteiger partial charge in [-0.05, 0) is 32.5 Å². The molecular formula is C23H48O3Si. The minimum Gasteiger partial charge on any atom is -0.464 e. The normalized spacial score (nSPS) is 12.9. The average Bonchev–Trinajstić information content (AvgIpc) is 2.63. The summed E-state index contributed by atoms with van der Waals surface area (Å²) in [5.74, 6) is -0.151. The molecule has 0 heterocycles. The third kappa shape index (κ3) is 16.3. The molecule has 27 heavy (non-hydrogen) atoms. The first-order valence-corrected chi connectivity index (χ1v) is 14.9. The molecule has 0 aliphatic heterocycles. The van der Waals surface area contributed by atoms with Gasteiger partial charge in [-0.15, -0.1) is 0 Å². The van der Waals surface area contributed by atoms with Crippen LogP contribution in [0.15, 0.2) is 0 Å². The molecule has 3 nitrogen and oxygen atoms in total. The van der Waals surface area contributed by atoms with Crippen LogP contribution in [-0.4, -0.2) is 27.0 Å². The monoisotopic (exact) mass is 400 g/mol. The van der Waals surface area contributed by atoms with Crippen molar-refractivity contribution >= 4 is 14.3 Å². The Balaban J connectivity index is 3.97. The van der Waals surface area contributed by atoms with Gasteiger partial charge in [0, 0.05) is 0 Å². The SMILES string of the molecule is CCCCCCCCCCCCCC(O[Si](C)(C)CCCC)C(=O)OCC. The van der Waals surface area contributed by atoms with Crippen molar-refractivity contribution in [1.82, 2.24) is 0 Å². The summed E-state index contributed by atoms with van der Waals surface area (Å²) in [5.41, 5.74) is 0. The van der Waals surface area contributed by atoms with Gasteiger partial charge >= 0.3 is 5.97 Å². The molecule has 0 aromatic heterocycles. The van der Waals surface area contributed by atoms with E-state index in [9.17, 15) is 4.79 Å². The van der Waals surface area contributed by atoms with E-state index in [4.69, 9.17) is 9.16 Å². The molecule has 0 bridgehead atoms. The summed E-state index contributed by atoms with van der Waals surface area (Å²) < 4.78 is 11.6. The summed E-state index contributed by atoms with van der Waals surface area (Å²) in [6, 6.07) is 1.12. The van der Waals surface area contributed by atoms with E-state index in [1.165, 1.54) is 77.0 Å². The minimum atomic E-state index is -1.78. The van der Waals surface area contributed by atoms with Crippen molar-refractivity contribution < 1.29 is 14.0 Å². The predicted molar refractivity (Wildman–Crippen MR) is 120 cm³/mol. The maximum atomic E-state index is 12.3. The topological polar surface area (TPSA) is 35.5 Å². The van der Waals surface area contributed by atoms with Crippen LogP contribution in [0.2, 0.25) is 19.1 Å². The largest absolute Gasteiger partial charge is 0.464 e. The summed E-state index contributed by atoms with van der Waals surface area (Å²) in [6.07, 6.45) is 17.4. The molecule has 0 aliphatic carbocycles.